The van der Waals surface area contributed by atoms with Crippen LogP contribution in [0.2, 0.25) is 0 Å². The van der Waals surface area contributed by atoms with Gasteiger partial charge in [0, 0.05) is 0 Å². The normalized spacial score (nSPS) is 18.3. The summed E-state index contributed by atoms with van der Waals surface area (Å²) < 4.78 is 17.0. The molecule has 0 spiro atoms. The lowest BCUT2D eigenvalue weighted by Crippen LogP contribution is -2.45. The van der Waals surface area contributed by atoms with Gasteiger partial charge in [-0.2, -0.15) is 4.79 Å². The molecule has 7 heteroatoms. The molecular formula is C19H27N2O5+. The monoisotopic (exact) mass is 363 g/mol. The first-order chi connectivity index (χ1) is 12.2. The average molecular weight is 363 g/mol. The number of hydrogen-bond donors (Lipinski definition) is 1. The molecule has 2 N–H and O–H groups in total. The summed E-state index contributed by atoms with van der Waals surface area (Å²) in [4.78, 5) is 24.7. The standard InChI is InChI=1S/C19H27N2O5/c1-19(2,3)26-18(23)21-15(17(22)24-4)12-25-16(21)14(20)11-10-13-8-6-5-7-9-13/h5-9,14-15H,10-12,20H2,1-4H3/q+1/t14-,15?/m1/s1. The SMILES string of the molecule is COC(=O)C1COC([C@H](N)CCc2ccccc2)=[N+]1C(=O)OC(C)(C)C. The van der Waals surface area contributed by atoms with E-state index in [1.807, 2.05) is 30.3 Å². The molecule has 1 heterocycles. The van der Waals surface area contributed by atoms with E-state index >= 15 is 0 Å². The van der Waals surface area contributed by atoms with Crippen molar-refractivity contribution >= 4 is 18.0 Å². The predicted octanol–water partition coefficient (Wildman–Crippen LogP) is 1.86. The van der Waals surface area contributed by atoms with Gasteiger partial charge in [0.05, 0.1) is 7.11 Å². The third-order valence-electron chi connectivity index (χ3n) is 3.91. The van der Waals surface area contributed by atoms with Gasteiger partial charge in [-0.25, -0.2) is 4.79 Å². The van der Waals surface area contributed by atoms with Crippen molar-refractivity contribution in [3.63, 3.8) is 0 Å². The summed E-state index contributed by atoms with van der Waals surface area (Å²) in [6.07, 6.45) is 0.613. The van der Waals surface area contributed by atoms with Crippen molar-refractivity contribution < 1.29 is 28.4 Å². The molecule has 1 unspecified atom stereocenters. The summed E-state index contributed by atoms with van der Waals surface area (Å²) in [5, 5.41) is 0. The molecule has 7 nitrogen and oxygen atoms in total. The predicted molar refractivity (Wildman–Crippen MR) is 96.0 cm³/mol. The molecular weight excluding hydrogens is 336 g/mol. The van der Waals surface area contributed by atoms with Gasteiger partial charge in [0.25, 0.3) is 6.04 Å². The van der Waals surface area contributed by atoms with Crippen LogP contribution in [-0.2, 0) is 25.4 Å². The highest BCUT2D eigenvalue weighted by molar-refractivity contribution is 5.87. The van der Waals surface area contributed by atoms with Crippen LogP contribution in [0.5, 0.6) is 0 Å². The minimum atomic E-state index is -0.896. The molecule has 0 saturated carbocycles. The number of amides is 1. The molecule has 1 aliphatic heterocycles. The third kappa shape index (κ3) is 5.05. The van der Waals surface area contributed by atoms with Crippen LogP contribution in [0.1, 0.15) is 32.8 Å². The average Bonchev–Trinajstić information content (AvgIpc) is 3.03. The van der Waals surface area contributed by atoms with Gasteiger partial charge in [0.1, 0.15) is 11.6 Å². The van der Waals surface area contributed by atoms with Crippen molar-refractivity contribution in [1.82, 2.24) is 0 Å². The van der Waals surface area contributed by atoms with Crippen molar-refractivity contribution in [3.05, 3.63) is 35.9 Å². The zero-order valence-electron chi connectivity index (χ0n) is 15.7. The Bertz CT molecular complexity index is 679. The van der Waals surface area contributed by atoms with Gasteiger partial charge in [-0.15, -0.1) is 0 Å². The molecule has 26 heavy (non-hydrogen) atoms. The molecule has 1 amide bonds. The van der Waals surface area contributed by atoms with Gasteiger partial charge in [-0.3, -0.25) is 0 Å². The number of benzene rings is 1. The Morgan fingerprint density at radius 3 is 2.54 bits per heavy atom. The fourth-order valence-corrected chi connectivity index (χ4v) is 2.68. The van der Waals surface area contributed by atoms with Gasteiger partial charge in [0.15, 0.2) is 6.61 Å². The number of aryl methyl sites for hydroxylation is 1. The van der Waals surface area contributed by atoms with Crippen LogP contribution in [0, 0.1) is 0 Å². The lowest BCUT2D eigenvalue weighted by molar-refractivity contribution is -0.471. The van der Waals surface area contributed by atoms with E-state index in [0.717, 1.165) is 12.0 Å². The first kappa shape index (κ1) is 19.9. The Hall–Kier alpha value is -2.41. The Labute approximate surface area is 153 Å². The fraction of sp³-hybridized carbons (Fsp3) is 0.526. The van der Waals surface area contributed by atoms with E-state index in [0.29, 0.717) is 6.42 Å². The third-order valence-corrected chi connectivity index (χ3v) is 3.91. The van der Waals surface area contributed by atoms with Gasteiger partial charge >= 0.3 is 18.0 Å². The zero-order chi connectivity index (χ0) is 19.3. The first-order valence-electron chi connectivity index (χ1n) is 8.62. The maximum Gasteiger partial charge on any atom is 0.600 e. The number of nitrogens with two attached hydrogens (primary N) is 1. The van der Waals surface area contributed by atoms with Crippen molar-refractivity contribution in [1.29, 1.82) is 0 Å². The number of carbonyl (C=O) groups excluding carboxylic acids is 2. The van der Waals surface area contributed by atoms with E-state index in [1.54, 1.807) is 20.8 Å². The van der Waals surface area contributed by atoms with Crippen molar-refractivity contribution in [2.45, 2.75) is 51.3 Å². The van der Waals surface area contributed by atoms with Crippen LogP contribution in [0.4, 0.5) is 4.79 Å². The first-order valence-corrected chi connectivity index (χ1v) is 8.62. The van der Waals surface area contributed by atoms with Gasteiger partial charge in [0.2, 0.25) is 0 Å². The number of hydrogen-bond acceptors (Lipinski definition) is 6. The minimum Gasteiger partial charge on any atom is -0.464 e. The zero-order valence-corrected chi connectivity index (χ0v) is 15.7. The van der Waals surface area contributed by atoms with Crippen LogP contribution >= 0.6 is 0 Å². The fourth-order valence-electron chi connectivity index (χ4n) is 2.68. The summed E-state index contributed by atoms with van der Waals surface area (Å²) in [7, 11) is 1.27. The molecule has 1 aliphatic rings. The summed E-state index contributed by atoms with van der Waals surface area (Å²) in [6, 6.07) is 8.44. The number of methoxy groups -OCH3 is 1. The van der Waals surface area contributed by atoms with Crippen molar-refractivity contribution in [2.24, 2.45) is 5.73 Å². The van der Waals surface area contributed by atoms with Crippen LogP contribution in [0.15, 0.2) is 30.3 Å². The molecule has 2 atom stereocenters. The molecule has 142 valence electrons. The highest BCUT2D eigenvalue weighted by Gasteiger charge is 2.49. The van der Waals surface area contributed by atoms with E-state index in [2.05, 4.69) is 0 Å². The summed E-state index contributed by atoms with van der Waals surface area (Å²) >= 11 is 0. The van der Waals surface area contributed by atoms with Crippen LogP contribution in [-0.4, -0.2) is 53.9 Å². The Morgan fingerprint density at radius 2 is 1.96 bits per heavy atom. The molecule has 0 fully saturated rings. The maximum atomic E-state index is 12.6. The summed E-state index contributed by atoms with van der Waals surface area (Å²) in [5.74, 6) is -0.327. The molecule has 0 radical (unpaired) electrons. The van der Waals surface area contributed by atoms with Gasteiger partial charge in [-0.05, 0) is 39.2 Å². The summed E-state index contributed by atoms with van der Waals surface area (Å²) in [5.41, 5.74) is 6.68. The number of carbonyl (C=O) groups is 2. The van der Waals surface area contributed by atoms with Crippen molar-refractivity contribution in [3.8, 4) is 0 Å². The topological polar surface area (TPSA) is 90.9 Å². The molecule has 0 saturated heterocycles. The number of nitrogens with zero attached hydrogens (tertiary/aromatic N) is 1. The largest absolute Gasteiger partial charge is 0.600 e. The molecule has 0 bridgehead atoms. The lowest BCUT2D eigenvalue weighted by Gasteiger charge is -2.17. The summed E-state index contributed by atoms with van der Waals surface area (Å²) in [6.45, 7) is 5.26. The second-order valence-corrected chi connectivity index (χ2v) is 7.17. The van der Waals surface area contributed by atoms with E-state index in [9.17, 15) is 9.59 Å². The smallest absolute Gasteiger partial charge is 0.464 e. The highest BCUT2D eigenvalue weighted by atomic mass is 16.6. The maximum absolute atomic E-state index is 12.6. The van der Waals surface area contributed by atoms with E-state index in [1.165, 1.54) is 11.7 Å². The van der Waals surface area contributed by atoms with E-state index < -0.39 is 29.7 Å². The molecule has 0 aromatic heterocycles. The number of ether oxygens (including phenoxy) is 3. The van der Waals surface area contributed by atoms with Crippen LogP contribution in [0.3, 0.4) is 0 Å². The lowest BCUT2D eigenvalue weighted by atomic mass is 10.1. The molecule has 0 aliphatic carbocycles. The molecule has 1 aromatic carbocycles. The van der Waals surface area contributed by atoms with E-state index in [-0.39, 0.29) is 12.5 Å². The Morgan fingerprint density at radius 1 is 1.31 bits per heavy atom. The number of rotatable bonds is 5. The van der Waals surface area contributed by atoms with Crippen molar-refractivity contribution in [2.75, 3.05) is 13.7 Å². The molecule has 1 aromatic rings. The highest BCUT2D eigenvalue weighted by Crippen LogP contribution is 2.16. The van der Waals surface area contributed by atoms with Gasteiger partial charge < -0.3 is 19.9 Å². The quantitative estimate of drug-likeness (QED) is 0.634. The van der Waals surface area contributed by atoms with Crippen LogP contribution in [0.25, 0.3) is 0 Å². The minimum absolute atomic E-state index is 0.000284. The van der Waals surface area contributed by atoms with Gasteiger partial charge in [-0.1, -0.05) is 34.9 Å². The van der Waals surface area contributed by atoms with E-state index in [4.69, 9.17) is 19.9 Å². The Kier molecular flexibility index (Phi) is 6.37. The molecule has 2 rings (SSSR count). The second kappa shape index (κ2) is 8.31. The second-order valence-electron chi connectivity index (χ2n) is 7.17. The Balaban J connectivity index is 2.22. The number of esters is 1. The van der Waals surface area contributed by atoms with Crippen LogP contribution < -0.4 is 5.73 Å².